The number of aliphatic hydroxyl groups is 1. The molecule has 2 aliphatic rings. The first kappa shape index (κ1) is 20.4. The number of rotatable bonds is 7. The van der Waals surface area contributed by atoms with E-state index in [9.17, 15) is 5.11 Å². The first-order valence-electron chi connectivity index (χ1n) is 10.7. The average Bonchev–Trinajstić information content (AvgIpc) is 2.63. The fourth-order valence-electron chi connectivity index (χ4n) is 4.45. The lowest BCUT2D eigenvalue weighted by Gasteiger charge is -2.32. The van der Waals surface area contributed by atoms with Crippen LogP contribution in [0.2, 0.25) is 0 Å². The lowest BCUT2D eigenvalue weighted by Crippen LogP contribution is -2.35. The van der Waals surface area contributed by atoms with Gasteiger partial charge < -0.3 is 10.0 Å². The molecule has 1 aliphatic carbocycles. The highest BCUT2D eigenvalue weighted by Crippen LogP contribution is 2.27. The SMILES string of the molecule is Cc1ccc(CC2CCN(CCC3=CCC(CC(C)(C)O)C=C3)CC2)cc1. The van der Waals surface area contributed by atoms with Crippen molar-refractivity contribution >= 4 is 0 Å². The maximum atomic E-state index is 9.97. The van der Waals surface area contributed by atoms with Gasteiger partial charge in [0.15, 0.2) is 0 Å². The molecule has 1 saturated heterocycles. The number of hydrogen-bond acceptors (Lipinski definition) is 2. The minimum absolute atomic E-state index is 0.492. The van der Waals surface area contributed by atoms with Crippen LogP contribution in [0.3, 0.4) is 0 Å². The van der Waals surface area contributed by atoms with E-state index in [4.69, 9.17) is 0 Å². The Morgan fingerprint density at radius 1 is 1.11 bits per heavy atom. The van der Waals surface area contributed by atoms with E-state index in [2.05, 4.69) is 54.3 Å². The predicted octanol–water partition coefficient (Wildman–Crippen LogP) is 5.30. The number of likely N-dealkylation sites (tertiary alicyclic amines) is 1. The van der Waals surface area contributed by atoms with Gasteiger partial charge >= 0.3 is 0 Å². The monoisotopic (exact) mass is 367 g/mol. The number of hydrogen-bond donors (Lipinski definition) is 1. The summed E-state index contributed by atoms with van der Waals surface area (Å²) in [7, 11) is 0. The molecule has 0 saturated carbocycles. The third kappa shape index (κ3) is 6.93. The highest BCUT2D eigenvalue weighted by molar-refractivity contribution is 5.24. The number of piperidine rings is 1. The van der Waals surface area contributed by atoms with Crippen molar-refractivity contribution in [3.8, 4) is 0 Å². The summed E-state index contributed by atoms with van der Waals surface area (Å²) in [5.41, 5.74) is 3.76. The molecule has 1 aromatic carbocycles. The van der Waals surface area contributed by atoms with E-state index in [1.807, 2.05) is 13.8 Å². The van der Waals surface area contributed by atoms with E-state index in [1.165, 1.54) is 55.6 Å². The summed E-state index contributed by atoms with van der Waals surface area (Å²) in [5, 5.41) is 9.97. The molecular formula is C25H37NO. The van der Waals surface area contributed by atoms with Gasteiger partial charge in [-0.25, -0.2) is 0 Å². The molecule has 1 unspecified atom stereocenters. The van der Waals surface area contributed by atoms with Crippen LogP contribution in [0, 0.1) is 18.8 Å². The minimum Gasteiger partial charge on any atom is -0.390 e. The molecule has 0 bridgehead atoms. The molecule has 148 valence electrons. The van der Waals surface area contributed by atoms with E-state index in [0.29, 0.717) is 5.92 Å². The summed E-state index contributed by atoms with van der Waals surface area (Å²) in [6.45, 7) is 9.64. The Kier molecular flexibility index (Phi) is 6.94. The number of nitrogens with zero attached hydrogens (tertiary/aromatic N) is 1. The van der Waals surface area contributed by atoms with Crippen LogP contribution in [-0.2, 0) is 6.42 Å². The predicted molar refractivity (Wildman–Crippen MR) is 115 cm³/mol. The van der Waals surface area contributed by atoms with Gasteiger partial charge in [-0.3, -0.25) is 0 Å². The van der Waals surface area contributed by atoms with E-state index >= 15 is 0 Å². The second-order valence-electron chi connectivity index (χ2n) is 9.38. The molecule has 1 atom stereocenters. The second kappa shape index (κ2) is 9.21. The van der Waals surface area contributed by atoms with Crippen LogP contribution in [-0.4, -0.2) is 35.2 Å². The second-order valence-corrected chi connectivity index (χ2v) is 9.38. The highest BCUT2D eigenvalue weighted by Gasteiger charge is 2.21. The molecule has 0 amide bonds. The third-order valence-corrected chi connectivity index (χ3v) is 6.10. The summed E-state index contributed by atoms with van der Waals surface area (Å²) in [6.07, 6.45) is 14.0. The van der Waals surface area contributed by atoms with Gasteiger partial charge in [-0.1, -0.05) is 53.6 Å². The molecule has 2 heteroatoms. The van der Waals surface area contributed by atoms with Crippen LogP contribution in [0.5, 0.6) is 0 Å². The largest absolute Gasteiger partial charge is 0.390 e. The van der Waals surface area contributed by atoms with Gasteiger partial charge in [-0.2, -0.15) is 0 Å². The smallest absolute Gasteiger partial charge is 0.0597 e. The summed E-state index contributed by atoms with van der Waals surface area (Å²) in [4.78, 5) is 2.64. The molecule has 0 aromatic heterocycles. The summed E-state index contributed by atoms with van der Waals surface area (Å²) in [5.74, 6) is 1.34. The molecular weight excluding hydrogens is 330 g/mol. The fraction of sp³-hybridized carbons (Fsp3) is 0.600. The van der Waals surface area contributed by atoms with Crippen LogP contribution in [0.4, 0.5) is 0 Å². The summed E-state index contributed by atoms with van der Waals surface area (Å²) < 4.78 is 0. The molecule has 2 nitrogen and oxygen atoms in total. The Balaban J connectivity index is 1.35. The molecule has 27 heavy (non-hydrogen) atoms. The summed E-state index contributed by atoms with van der Waals surface area (Å²) in [6, 6.07) is 9.08. The zero-order valence-electron chi connectivity index (χ0n) is 17.5. The van der Waals surface area contributed by atoms with E-state index in [0.717, 1.165) is 25.2 Å². The standard InChI is InChI=1S/C25H37NO/c1-20-4-6-22(7-5-20)18-23-13-16-26(17-14-23)15-12-21-8-10-24(11-9-21)19-25(2,3)27/h4-10,23-24,27H,11-19H2,1-3H3. The van der Waals surface area contributed by atoms with Crippen molar-refractivity contribution in [1.29, 1.82) is 0 Å². The van der Waals surface area contributed by atoms with Crippen molar-refractivity contribution in [2.75, 3.05) is 19.6 Å². The van der Waals surface area contributed by atoms with Crippen molar-refractivity contribution < 1.29 is 5.11 Å². The van der Waals surface area contributed by atoms with Crippen LogP contribution in [0.25, 0.3) is 0 Å². The number of benzene rings is 1. The topological polar surface area (TPSA) is 23.5 Å². The maximum absolute atomic E-state index is 9.97. The van der Waals surface area contributed by atoms with E-state index in [-0.39, 0.29) is 0 Å². The normalized spacial score (nSPS) is 22.1. The average molecular weight is 368 g/mol. The molecule has 3 rings (SSSR count). The Bertz CT molecular complexity index is 642. The first-order chi connectivity index (χ1) is 12.9. The van der Waals surface area contributed by atoms with Crippen LogP contribution in [0.15, 0.2) is 48.1 Å². The first-order valence-corrected chi connectivity index (χ1v) is 10.7. The van der Waals surface area contributed by atoms with Gasteiger partial charge in [-0.15, -0.1) is 0 Å². The van der Waals surface area contributed by atoms with Gasteiger partial charge in [-0.05, 0) is 89.8 Å². The van der Waals surface area contributed by atoms with Crippen LogP contribution >= 0.6 is 0 Å². The Hall–Kier alpha value is -1.38. The van der Waals surface area contributed by atoms with Crippen LogP contribution < -0.4 is 0 Å². The third-order valence-electron chi connectivity index (χ3n) is 6.10. The van der Waals surface area contributed by atoms with Gasteiger partial charge in [0, 0.05) is 6.54 Å². The highest BCUT2D eigenvalue weighted by atomic mass is 16.3. The minimum atomic E-state index is -0.566. The Morgan fingerprint density at radius 3 is 2.41 bits per heavy atom. The van der Waals surface area contributed by atoms with Gasteiger partial charge in [0.25, 0.3) is 0 Å². The molecule has 1 heterocycles. The molecule has 1 aliphatic heterocycles. The number of allylic oxidation sites excluding steroid dienone is 3. The summed E-state index contributed by atoms with van der Waals surface area (Å²) >= 11 is 0. The zero-order chi connectivity index (χ0) is 19.3. The van der Waals surface area contributed by atoms with Gasteiger partial charge in [0.1, 0.15) is 0 Å². The molecule has 1 N–H and O–H groups in total. The number of aryl methyl sites for hydroxylation is 1. The van der Waals surface area contributed by atoms with Crippen LogP contribution in [0.1, 0.15) is 57.1 Å². The molecule has 1 fully saturated rings. The Labute approximate surface area is 166 Å². The van der Waals surface area contributed by atoms with Crippen molar-refractivity contribution in [2.24, 2.45) is 11.8 Å². The zero-order valence-corrected chi connectivity index (χ0v) is 17.5. The fourth-order valence-corrected chi connectivity index (χ4v) is 4.45. The van der Waals surface area contributed by atoms with Crippen molar-refractivity contribution in [3.63, 3.8) is 0 Å². The van der Waals surface area contributed by atoms with Gasteiger partial charge in [0.2, 0.25) is 0 Å². The van der Waals surface area contributed by atoms with Gasteiger partial charge in [0.05, 0.1) is 5.60 Å². The lowest BCUT2D eigenvalue weighted by molar-refractivity contribution is 0.0592. The molecule has 1 aromatic rings. The Morgan fingerprint density at radius 2 is 1.81 bits per heavy atom. The lowest BCUT2D eigenvalue weighted by atomic mass is 9.86. The van der Waals surface area contributed by atoms with E-state index < -0.39 is 5.60 Å². The van der Waals surface area contributed by atoms with Crippen molar-refractivity contribution in [2.45, 2.75) is 64.9 Å². The quantitative estimate of drug-likeness (QED) is 0.706. The molecule has 0 spiro atoms. The molecule has 0 radical (unpaired) electrons. The van der Waals surface area contributed by atoms with Crippen molar-refractivity contribution in [3.05, 3.63) is 59.2 Å². The van der Waals surface area contributed by atoms with Crippen molar-refractivity contribution in [1.82, 2.24) is 4.90 Å². The maximum Gasteiger partial charge on any atom is 0.0597 e. The van der Waals surface area contributed by atoms with E-state index in [1.54, 1.807) is 0 Å².